The Balaban J connectivity index is 1.48. The smallest absolute Gasteiger partial charge is 0.248 e. The third kappa shape index (κ3) is 3.81. The summed E-state index contributed by atoms with van der Waals surface area (Å²) in [6.45, 7) is 0. The molecule has 0 atom stereocenters. The zero-order valence-corrected chi connectivity index (χ0v) is 14.6. The second-order valence-corrected chi connectivity index (χ2v) is 6.57. The van der Waals surface area contributed by atoms with E-state index in [9.17, 15) is 4.79 Å². The Kier molecular flexibility index (Phi) is 4.50. The minimum Gasteiger partial charge on any atom is -0.322 e. The molecule has 0 spiro atoms. The predicted octanol–water partition coefficient (Wildman–Crippen LogP) is 3.98. The van der Waals surface area contributed by atoms with Gasteiger partial charge in [-0.05, 0) is 59.2 Å². The van der Waals surface area contributed by atoms with E-state index in [1.807, 2.05) is 41.1 Å². The molecule has 0 unspecified atom stereocenters. The Morgan fingerprint density at radius 1 is 1.19 bits per heavy atom. The van der Waals surface area contributed by atoms with E-state index in [0.717, 1.165) is 29.8 Å². The molecule has 7 heteroatoms. The molecule has 130 valence electrons. The summed E-state index contributed by atoms with van der Waals surface area (Å²) >= 11 is 5.94. The van der Waals surface area contributed by atoms with Crippen molar-refractivity contribution >= 4 is 29.3 Å². The van der Waals surface area contributed by atoms with Crippen molar-refractivity contribution in [3.8, 4) is 11.4 Å². The first kappa shape index (κ1) is 16.5. The lowest BCUT2D eigenvalue weighted by atomic mass is 10.2. The average Bonchev–Trinajstić information content (AvgIpc) is 3.37. The highest BCUT2D eigenvalue weighted by Gasteiger charge is 2.28. The number of anilines is 1. The first-order chi connectivity index (χ1) is 12.7. The molecule has 1 heterocycles. The second kappa shape index (κ2) is 7.09. The van der Waals surface area contributed by atoms with Gasteiger partial charge in [0.2, 0.25) is 5.91 Å². The number of halogens is 1. The summed E-state index contributed by atoms with van der Waals surface area (Å²) in [6.07, 6.45) is 5.40. The molecule has 0 radical (unpaired) electrons. The van der Waals surface area contributed by atoms with Crippen LogP contribution in [-0.4, -0.2) is 26.1 Å². The Bertz CT molecular complexity index is 977. The van der Waals surface area contributed by atoms with Crippen LogP contribution in [0.4, 0.5) is 5.69 Å². The van der Waals surface area contributed by atoms with Crippen molar-refractivity contribution in [1.82, 2.24) is 20.2 Å². The second-order valence-electron chi connectivity index (χ2n) is 6.14. The van der Waals surface area contributed by atoms with E-state index in [4.69, 9.17) is 11.6 Å². The lowest BCUT2D eigenvalue weighted by Crippen LogP contribution is -2.08. The summed E-state index contributed by atoms with van der Waals surface area (Å²) in [5.74, 6) is 0.502. The van der Waals surface area contributed by atoms with Crippen molar-refractivity contribution in [1.29, 1.82) is 0 Å². The van der Waals surface area contributed by atoms with Crippen LogP contribution in [0.5, 0.6) is 0 Å². The van der Waals surface area contributed by atoms with Crippen molar-refractivity contribution in [3.05, 3.63) is 65.2 Å². The maximum atomic E-state index is 12.2. The third-order valence-electron chi connectivity index (χ3n) is 4.05. The molecule has 2 aromatic carbocycles. The van der Waals surface area contributed by atoms with E-state index in [0.29, 0.717) is 16.8 Å². The van der Waals surface area contributed by atoms with Gasteiger partial charge >= 0.3 is 0 Å². The minimum absolute atomic E-state index is 0.219. The van der Waals surface area contributed by atoms with E-state index in [1.165, 1.54) is 6.08 Å². The lowest BCUT2D eigenvalue weighted by molar-refractivity contribution is -0.111. The molecular weight excluding hydrogens is 350 g/mol. The molecule has 1 fully saturated rings. The van der Waals surface area contributed by atoms with Crippen LogP contribution in [0.25, 0.3) is 17.5 Å². The first-order valence-electron chi connectivity index (χ1n) is 8.32. The SMILES string of the molecule is O=C(/C=C/c1cccc(Cl)c1)Nc1cccc(-c2nnnn2C2CC2)c1. The number of benzene rings is 2. The first-order valence-corrected chi connectivity index (χ1v) is 8.70. The number of amides is 1. The Morgan fingerprint density at radius 3 is 2.85 bits per heavy atom. The molecule has 1 aliphatic rings. The van der Waals surface area contributed by atoms with Gasteiger partial charge in [0.25, 0.3) is 0 Å². The molecule has 1 aliphatic carbocycles. The maximum Gasteiger partial charge on any atom is 0.248 e. The van der Waals surface area contributed by atoms with E-state index >= 15 is 0 Å². The van der Waals surface area contributed by atoms with Gasteiger partial charge in [-0.1, -0.05) is 35.9 Å². The van der Waals surface area contributed by atoms with Gasteiger partial charge in [0.1, 0.15) is 0 Å². The number of carbonyl (C=O) groups is 1. The van der Waals surface area contributed by atoms with Crippen LogP contribution >= 0.6 is 11.6 Å². The largest absolute Gasteiger partial charge is 0.322 e. The van der Waals surface area contributed by atoms with E-state index in [2.05, 4.69) is 20.8 Å². The van der Waals surface area contributed by atoms with Gasteiger partial charge in [-0.2, -0.15) is 0 Å². The molecule has 0 saturated heterocycles. The number of aromatic nitrogens is 4. The van der Waals surface area contributed by atoms with E-state index in [1.54, 1.807) is 18.2 Å². The van der Waals surface area contributed by atoms with Gasteiger partial charge < -0.3 is 5.32 Å². The molecule has 1 saturated carbocycles. The van der Waals surface area contributed by atoms with E-state index < -0.39 is 0 Å². The topological polar surface area (TPSA) is 72.7 Å². The number of hydrogen-bond donors (Lipinski definition) is 1. The number of tetrazole rings is 1. The van der Waals surface area contributed by atoms with Gasteiger partial charge in [0.15, 0.2) is 5.82 Å². The van der Waals surface area contributed by atoms with Crippen LogP contribution in [0.1, 0.15) is 24.4 Å². The number of nitrogens with one attached hydrogen (secondary N) is 1. The summed E-state index contributed by atoms with van der Waals surface area (Å²) in [5.41, 5.74) is 2.43. The summed E-state index contributed by atoms with van der Waals surface area (Å²) in [5, 5.41) is 15.4. The zero-order valence-electron chi connectivity index (χ0n) is 13.8. The molecule has 6 nitrogen and oxygen atoms in total. The molecule has 4 rings (SSSR count). The van der Waals surface area contributed by atoms with Crippen LogP contribution in [0.15, 0.2) is 54.6 Å². The van der Waals surface area contributed by atoms with Crippen molar-refractivity contribution in [2.45, 2.75) is 18.9 Å². The molecule has 1 aromatic heterocycles. The molecule has 1 amide bonds. The van der Waals surface area contributed by atoms with Crippen molar-refractivity contribution in [2.24, 2.45) is 0 Å². The predicted molar refractivity (Wildman–Crippen MR) is 101 cm³/mol. The standard InChI is InChI=1S/C19H16ClN5O/c20-15-5-1-3-13(11-15)7-10-18(26)21-16-6-2-4-14(12-16)19-22-23-24-25(19)17-8-9-17/h1-7,10-12,17H,8-9H2,(H,21,26)/b10-7+. The van der Waals surface area contributed by atoms with Gasteiger partial charge in [-0.15, -0.1) is 5.10 Å². The summed E-state index contributed by atoms with van der Waals surface area (Å²) < 4.78 is 1.85. The van der Waals surface area contributed by atoms with Crippen LogP contribution in [-0.2, 0) is 4.79 Å². The van der Waals surface area contributed by atoms with Crippen molar-refractivity contribution < 1.29 is 4.79 Å². The highest BCUT2D eigenvalue weighted by Crippen LogP contribution is 2.36. The van der Waals surface area contributed by atoms with Gasteiger partial charge in [0.05, 0.1) is 6.04 Å². The number of nitrogens with zero attached hydrogens (tertiary/aromatic N) is 4. The van der Waals surface area contributed by atoms with Gasteiger partial charge in [-0.25, -0.2) is 4.68 Å². The highest BCUT2D eigenvalue weighted by molar-refractivity contribution is 6.30. The van der Waals surface area contributed by atoms with Crippen molar-refractivity contribution in [2.75, 3.05) is 5.32 Å². The fourth-order valence-electron chi connectivity index (χ4n) is 2.65. The highest BCUT2D eigenvalue weighted by atomic mass is 35.5. The minimum atomic E-state index is -0.219. The third-order valence-corrected chi connectivity index (χ3v) is 4.28. The van der Waals surface area contributed by atoms with Crippen LogP contribution in [0.3, 0.4) is 0 Å². The number of carbonyl (C=O) groups excluding carboxylic acids is 1. The zero-order chi connectivity index (χ0) is 17.9. The molecule has 26 heavy (non-hydrogen) atoms. The molecule has 3 aromatic rings. The normalized spacial score (nSPS) is 13.9. The van der Waals surface area contributed by atoms with Crippen LogP contribution < -0.4 is 5.32 Å². The van der Waals surface area contributed by atoms with Gasteiger partial charge in [0, 0.05) is 22.3 Å². The lowest BCUT2D eigenvalue weighted by Gasteiger charge is -2.06. The molecule has 1 N–H and O–H groups in total. The fourth-order valence-corrected chi connectivity index (χ4v) is 2.85. The number of rotatable bonds is 5. The van der Waals surface area contributed by atoms with Crippen molar-refractivity contribution in [3.63, 3.8) is 0 Å². The maximum absolute atomic E-state index is 12.2. The Labute approximate surface area is 155 Å². The molecule has 0 aliphatic heterocycles. The quantitative estimate of drug-likeness (QED) is 0.694. The fraction of sp³-hybridized carbons (Fsp3) is 0.158. The van der Waals surface area contributed by atoms with Crippen LogP contribution in [0.2, 0.25) is 5.02 Å². The Morgan fingerprint density at radius 2 is 2.04 bits per heavy atom. The summed E-state index contributed by atoms with van der Waals surface area (Å²) in [6, 6.07) is 15.2. The monoisotopic (exact) mass is 365 g/mol. The summed E-state index contributed by atoms with van der Waals surface area (Å²) in [7, 11) is 0. The van der Waals surface area contributed by atoms with Gasteiger partial charge in [-0.3, -0.25) is 4.79 Å². The Hall–Kier alpha value is -2.99. The average molecular weight is 366 g/mol. The number of hydrogen-bond acceptors (Lipinski definition) is 4. The van der Waals surface area contributed by atoms with Crippen LogP contribution in [0, 0.1) is 0 Å². The molecule has 0 bridgehead atoms. The molecular formula is C19H16ClN5O. The summed E-state index contributed by atoms with van der Waals surface area (Å²) in [4.78, 5) is 12.2. The van der Waals surface area contributed by atoms with E-state index in [-0.39, 0.29) is 5.91 Å².